The number of carbonyl (C=O) groups excluding carboxylic acids is 1. The lowest BCUT2D eigenvalue weighted by atomic mass is 9.76. The third-order valence-corrected chi connectivity index (χ3v) is 3.50. The molecule has 0 aromatic rings. The molecule has 5 nitrogen and oxygen atoms in total. The maximum Gasteiger partial charge on any atom is 0.326 e. The quantitative estimate of drug-likeness (QED) is 0.564. The smallest absolute Gasteiger partial charge is 0.326 e. The normalized spacial score (nSPS) is 14.4. The molecule has 116 valence electrons. The number of rotatable bonds is 9. The first-order valence-electron chi connectivity index (χ1n) is 7.05. The number of carboxylic acid groups (broad SMARTS) is 1. The molecule has 0 aromatic carbocycles. The minimum absolute atomic E-state index is 0.0902. The van der Waals surface area contributed by atoms with Gasteiger partial charge in [-0.2, -0.15) is 0 Å². The maximum atomic E-state index is 11.8. The van der Waals surface area contributed by atoms with Gasteiger partial charge in [-0.25, -0.2) is 4.79 Å². The van der Waals surface area contributed by atoms with Gasteiger partial charge < -0.3 is 16.2 Å². The highest BCUT2D eigenvalue weighted by atomic mass is 16.4. The molecule has 4 N–H and O–H groups in total. The van der Waals surface area contributed by atoms with Crippen LogP contribution in [0, 0.1) is 11.3 Å². The van der Waals surface area contributed by atoms with E-state index in [-0.39, 0.29) is 17.7 Å². The molecule has 2 atom stereocenters. The fourth-order valence-electron chi connectivity index (χ4n) is 2.17. The monoisotopic (exact) mass is 284 g/mol. The van der Waals surface area contributed by atoms with E-state index in [1.54, 1.807) is 0 Å². The van der Waals surface area contributed by atoms with Crippen LogP contribution in [0.4, 0.5) is 0 Å². The van der Waals surface area contributed by atoms with E-state index < -0.39 is 12.0 Å². The van der Waals surface area contributed by atoms with E-state index in [9.17, 15) is 9.59 Å². The highest BCUT2D eigenvalue weighted by Gasteiger charge is 2.25. The van der Waals surface area contributed by atoms with E-state index in [4.69, 9.17) is 10.8 Å². The fraction of sp³-hybridized carbons (Fsp3) is 0.733. The van der Waals surface area contributed by atoms with Crippen LogP contribution in [-0.2, 0) is 9.59 Å². The molecule has 0 radical (unpaired) electrons. The van der Waals surface area contributed by atoms with Crippen molar-refractivity contribution in [3.05, 3.63) is 12.7 Å². The van der Waals surface area contributed by atoms with Crippen LogP contribution in [0.2, 0.25) is 0 Å². The van der Waals surface area contributed by atoms with Crippen LogP contribution in [-0.4, -0.2) is 29.6 Å². The molecule has 0 spiro atoms. The summed E-state index contributed by atoms with van der Waals surface area (Å²) in [6, 6.07) is -0.886. The van der Waals surface area contributed by atoms with Crippen LogP contribution >= 0.6 is 0 Å². The summed E-state index contributed by atoms with van der Waals surface area (Å²) in [5, 5.41) is 11.5. The predicted molar refractivity (Wildman–Crippen MR) is 80.2 cm³/mol. The molecule has 0 aromatic heterocycles. The van der Waals surface area contributed by atoms with Crippen molar-refractivity contribution in [1.29, 1.82) is 0 Å². The van der Waals surface area contributed by atoms with Gasteiger partial charge in [0.25, 0.3) is 0 Å². The fourth-order valence-corrected chi connectivity index (χ4v) is 2.17. The van der Waals surface area contributed by atoms with Gasteiger partial charge in [0.2, 0.25) is 5.91 Å². The SMILES string of the molecule is C=CCC(NC(=O)CCC(CCN)C(C)(C)C)C(=O)O. The first-order valence-corrected chi connectivity index (χ1v) is 7.05. The Kier molecular flexibility index (Phi) is 8.15. The minimum atomic E-state index is -1.03. The van der Waals surface area contributed by atoms with E-state index >= 15 is 0 Å². The number of carboxylic acids is 1. The standard InChI is InChI=1S/C15H28N2O3/c1-5-6-12(14(19)20)17-13(18)8-7-11(9-10-16)15(2,3)4/h5,11-12H,1,6-10,16H2,2-4H3,(H,17,18)(H,19,20). The van der Waals surface area contributed by atoms with Gasteiger partial charge in [0.15, 0.2) is 0 Å². The lowest BCUT2D eigenvalue weighted by Crippen LogP contribution is -2.40. The molecule has 0 aliphatic heterocycles. The number of hydrogen-bond donors (Lipinski definition) is 3. The number of hydrogen-bond acceptors (Lipinski definition) is 3. The molecule has 0 fully saturated rings. The van der Waals surface area contributed by atoms with Gasteiger partial charge in [-0.3, -0.25) is 4.79 Å². The van der Waals surface area contributed by atoms with Crippen LogP contribution in [0.1, 0.15) is 46.5 Å². The van der Waals surface area contributed by atoms with Crippen molar-refractivity contribution in [3.8, 4) is 0 Å². The second-order valence-corrected chi connectivity index (χ2v) is 6.16. The number of amides is 1. The lowest BCUT2D eigenvalue weighted by Gasteiger charge is -2.30. The predicted octanol–water partition coefficient (Wildman–Crippen LogP) is 1.92. The molecule has 1 amide bonds. The molecule has 0 aliphatic carbocycles. The van der Waals surface area contributed by atoms with Gasteiger partial charge in [0.05, 0.1) is 0 Å². The topological polar surface area (TPSA) is 92.4 Å². The third kappa shape index (κ3) is 7.28. The number of carbonyl (C=O) groups is 2. The molecule has 20 heavy (non-hydrogen) atoms. The summed E-state index contributed by atoms with van der Waals surface area (Å²) < 4.78 is 0. The summed E-state index contributed by atoms with van der Waals surface area (Å²) >= 11 is 0. The highest BCUT2D eigenvalue weighted by molar-refractivity contribution is 5.83. The van der Waals surface area contributed by atoms with Crippen LogP contribution in [0.3, 0.4) is 0 Å². The van der Waals surface area contributed by atoms with E-state index in [0.29, 0.717) is 25.3 Å². The lowest BCUT2D eigenvalue weighted by molar-refractivity contribution is -0.141. The second kappa shape index (κ2) is 8.74. The Hall–Kier alpha value is -1.36. The Bertz CT molecular complexity index is 335. The molecular weight excluding hydrogens is 256 g/mol. The zero-order valence-electron chi connectivity index (χ0n) is 12.8. The van der Waals surface area contributed by atoms with Crippen molar-refractivity contribution in [2.45, 2.75) is 52.5 Å². The molecule has 0 bridgehead atoms. The molecule has 0 rings (SSSR count). The zero-order chi connectivity index (χ0) is 15.8. The van der Waals surface area contributed by atoms with E-state index in [0.717, 1.165) is 6.42 Å². The molecular formula is C15H28N2O3. The Morgan fingerprint density at radius 3 is 2.35 bits per heavy atom. The van der Waals surface area contributed by atoms with Gasteiger partial charge in [-0.05, 0) is 37.1 Å². The molecule has 5 heteroatoms. The second-order valence-electron chi connectivity index (χ2n) is 6.16. The number of aliphatic carboxylic acids is 1. The van der Waals surface area contributed by atoms with Crippen LogP contribution < -0.4 is 11.1 Å². The average Bonchev–Trinajstić information content (AvgIpc) is 2.32. The maximum absolute atomic E-state index is 11.8. The largest absolute Gasteiger partial charge is 0.480 e. The number of nitrogens with one attached hydrogen (secondary N) is 1. The molecule has 0 aliphatic rings. The molecule has 0 saturated carbocycles. The summed E-state index contributed by atoms with van der Waals surface area (Å²) in [6.07, 6.45) is 3.62. The van der Waals surface area contributed by atoms with Crippen molar-refractivity contribution in [2.75, 3.05) is 6.54 Å². The Balaban J connectivity index is 4.38. The molecule has 2 unspecified atom stereocenters. The molecule has 0 saturated heterocycles. The first kappa shape index (κ1) is 18.6. The van der Waals surface area contributed by atoms with Crippen LogP contribution in [0.5, 0.6) is 0 Å². The van der Waals surface area contributed by atoms with Gasteiger partial charge in [-0.1, -0.05) is 26.8 Å². The van der Waals surface area contributed by atoms with Gasteiger partial charge in [0, 0.05) is 6.42 Å². The summed E-state index contributed by atoms with van der Waals surface area (Å²) in [5.41, 5.74) is 5.69. The van der Waals surface area contributed by atoms with Gasteiger partial charge in [-0.15, -0.1) is 6.58 Å². The number of nitrogens with two attached hydrogens (primary N) is 1. The summed E-state index contributed by atoms with van der Waals surface area (Å²) in [5.74, 6) is -0.918. The third-order valence-electron chi connectivity index (χ3n) is 3.50. The summed E-state index contributed by atoms with van der Waals surface area (Å²) in [6.45, 7) is 10.5. The van der Waals surface area contributed by atoms with Crippen LogP contribution in [0.25, 0.3) is 0 Å². The van der Waals surface area contributed by atoms with Gasteiger partial charge in [0.1, 0.15) is 6.04 Å². The Morgan fingerprint density at radius 1 is 1.35 bits per heavy atom. The average molecular weight is 284 g/mol. The minimum Gasteiger partial charge on any atom is -0.480 e. The molecule has 0 heterocycles. The van der Waals surface area contributed by atoms with Crippen molar-refractivity contribution >= 4 is 11.9 Å². The first-order chi connectivity index (χ1) is 9.22. The van der Waals surface area contributed by atoms with E-state index in [2.05, 4.69) is 32.7 Å². The summed E-state index contributed by atoms with van der Waals surface area (Å²) in [7, 11) is 0. The summed E-state index contributed by atoms with van der Waals surface area (Å²) in [4.78, 5) is 22.8. The Labute approximate surface area is 121 Å². The van der Waals surface area contributed by atoms with E-state index in [1.165, 1.54) is 6.08 Å². The van der Waals surface area contributed by atoms with Gasteiger partial charge >= 0.3 is 5.97 Å². The zero-order valence-corrected chi connectivity index (χ0v) is 12.8. The van der Waals surface area contributed by atoms with E-state index in [1.807, 2.05) is 0 Å². The highest BCUT2D eigenvalue weighted by Crippen LogP contribution is 2.31. The van der Waals surface area contributed by atoms with Crippen molar-refractivity contribution in [3.63, 3.8) is 0 Å². The van der Waals surface area contributed by atoms with Crippen molar-refractivity contribution in [2.24, 2.45) is 17.1 Å². The van der Waals surface area contributed by atoms with Crippen LogP contribution in [0.15, 0.2) is 12.7 Å². The van der Waals surface area contributed by atoms with Crippen molar-refractivity contribution in [1.82, 2.24) is 5.32 Å². The Morgan fingerprint density at radius 2 is 1.95 bits per heavy atom. The van der Waals surface area contributed by atoms with Crippen molar-refractivity contribution < 1.29 is 14.7 Å².